The molecule has 0 rings (SSSR count). The quantitative estimate of drug-likeness (QED) is 0.555. The van der Waals surface area contributed by atoms with E-state index in [-0.39, 0.29) is 19.1 Å². The Morgan fingerprint density at radius 3 is 2.38 bits per heavy atom. The lowest BCUT2D eigenvalue weighted by Gasteiger charge is -2.07. The fourth-order valence-corrected chi connectivity index (χ4v) is 1.27. The summed E-state index contributed by atoms with van der Waals surface area (Å²) in [7, 11) is 0. The Balaban J connectivity index is 3.55. The zero-order valence-corrected chi connectivity index (χ0v) is 9.73. The van der Waals surface area contributed by atoms with Crippen molar-refractivity contribution in [3.63, 3.8) is 0 Å². The van der Waals surface area contributed by atoms with Gasteiger partial charge in [-0.25, -0.2) is 0 Å². The van der Waals surface area contributed by atoms with Gasteiger partial charge in [0.15, 0.2) is 0 Å². The van der Waals surface area contributed by atoms with E-state index in [9.17, 15) is 9.36 Å². The number of carbonyl (C=O) groups is 1. The summed E-state index contributed by atoms with van der Waals surface area (Å²) in [6, 6.07) is 0. The van der Waals surface area contributed by atoms with Gasteiger partial charge in [-0.05, 0) is 36.3 Å². The van der Waals surface area contributed by atoms with Crippen LogP contribution in [-0.4, -0.2) is 18.7 Å². The van der Waals surface area contributed by atoms with Crippen LogP contribution >= 0.6 is 28.6 Å². The van der Waals surface area contributed by atoms with Gasteiger partial charge in [0.2, 0.25) is 0 Å². The Hall–Kier alpha value is 0.240. The molecule has 0 bridgehead atoms. The van der Waals surface area contributed by atoms with Crippen molar-refractivity contribution < 1.29 is 18.6 Å². The minimum Gasteiger partial charge on any atom is -0.463 e. The molecule has 0 atom stereocenters. The molecule has 0 unspecified atom stereocenters. The van der Waals surface area contributed by atoms with Gasteiger partial charge in [-0.2, -0.15) is 0 Å². The lowest BCUT2D eigenvalue weighted by molar-refractivity contribution is -0.147. The highest BCUT2D eigenvalue weighted by Gasteiger charge is 2.15. The second kappa shape index (κ2) is 5.86. The molecule has 0 N–H and O–H groups in total. The maximum atomic E-state index is 10.9. The van der Waals surface area contributed by atoms with Gasteiger partial charge in [0, 0.05) is 0 Å². The summed E-state index contributed by atoms with van der Waals surface area (Å²) in [4.78, 5) is 10.9. The van der Waals surface area contributed by atoms with Gasteiger partial charge >= 0.3 is 12.0 Å². The van der Waals surface area contributed by atoms with Crippen molar-refractivity contribution in [1.29, 1.82) is 0 Å². The van der Waals surface area contributed by atoms with Crippen LogP contribution in [0.1, 0.15) is 20.3 Å². The van der Waals surface area contributed by atoms with Crippen LogP contribution in [0.15, 0.2) is 0 Å². The van der Waals surface area contributed by atoms with E-state index < -0.39 is 12.0 Å². The Kier molecular flexibility index (Phi) is 5.97. The molecule has 0 aliphatic heterocycles. The normalized spacial score (nSPS) is 11.8. The second-order valence-corrected chi connectivity index (χ2v) is 6.81. The molecule has 0 aromatic carbocycles. The number of hydrogen-bond donors (Lipinski definition) is 0. The van der Waals surface area contributed by atoms with Gasteiger partial charge in [-0.15, -0.1) is 0 Å². The maximum absolute atomic E-state index is 10.9. The van der Waals surface area contributed by atoms with Crippen molar-refractivity contribution in [2.75, 3.05) is 6.61 Å². The summed E-state index contributed by atoms with van der Waals surface area (Å²) >= 11 is 10.1. The average molecular weight is 249 g/mol. The third-order valence-electron chi connectivity index (χ3n) is 0.915. The SMILES string of the molecule is CC(C)OC(=O)CCOP(=O)(Cl)Cl. The minimum atomic E-state index is -3.52. The lowest BCUT2D eigenvalue weighted by Crippen LogP contribution is -2.12. The van der Waals surface area contributed by atoms with Gasteiger partial charge in [0.25, 0.3) is 0 Å². The predicted molar refractivity (Wildman–Crippen MR) is 51.1 cm³/mol. The molecule has 0 fully saturated rings. The monoisotopic (exact) mass is 248 g/mol. The van der Waals surface area contributed by atoms with E-state index in [4.69, 9.17) is 27.2 Å². The number of esters is 1. The molecule has 78 valence electrons. The van der Waals surface area contributed by atoms with Gasteiger partial charge in [-0.1, -0.05) is 0 Å². The molecule has 0 aromatic rings. The molecule has 0 heterocycles. The van der Waals surface area contributed by atoms with E-state index in [0.717, 1.165) is 0 Å². The first-order chi connectivity index (χ1) is 5.81. The molecule has 0 aliphatic carbocycles. The highest BCUT2D eigenvalue weighted by Crippen LogP contribution is 2.57. The van der Waals surface area contributed by atoms with Crippen molar-refractivity contribution in [2.45, 2.75) is 26.4 Å². The maximum Gasteiger partial charge on any atom is 0.380 e. The van der Waals surface area contributed by atoms with Gasteiger partial charge in [0.1, 0.15) is 0 Å². The van der Waals surface area contributed by atoms with Gasteiger partial charge in [0.05, 0.1) is 19.1 Å². The first-order valence-corrected chi connectivity index (χ1v) is 7.08. The first-order valence-electron chi connectivity index (χ1n) is 3.64. The van der Waals surface area contributed by atoms with Crippen molar-refractivity contribution in [3.05, 3.63) is 0 Å². The molecule has 13 heavy (non-hydrogen) atoms. The zero-order chi connectivity index (χ0) is 10.5. The molecule has 0 saturated heterocycles. The highest BCUT2D eigenvalue weighted by atomic mass is 35.9. The van der Waals surface area contributed by atoms with E-state index in [0.29, 0.717) is 0 Å². The van der Waals surface area contributed by atoms with Crippen molar-refractivity contribution in [2.24, 2.45) is 0 Å². The van der Waals surface area contributed by atoms with Crippen LogP contribution in [0.3, 0.4) is 0 Å². The molecule has 0 saturated carbocycles. The molecule has 7 heteroatoms. The summed E-state index contributed by atoms with van der Waals surface area (Å²) < 4.78 is 19.8. The van der Waals surface area contributed by atoms with Crippen LogP contribution in [0.25, 0.3) is 0 Å². The van der Waals surface area contributed by atoms with E-state index in [2.05, 4.69) is 4.52 Å². The molecule has 0 radical (unpaired) electrons. The summed E-state index contributed by atoms with van der Waals surface area (Å²) in [6.45, 7) is 3.36. The van der Waals surface area contributed by atoms with E-state index in [1.165, 1.54) is 0 Å². The molecular weight excluding hydrogens is 238 g/mol. The third kappa shape index (κ3) is 10.2. The fourth-order valence-electron chi connectivity index (χ4n) is 0.557. The Morgan fingerprint density at radius 2 is 2.00 bits per heavy atom. The van der Waals surface area contributed by atoms with Gasteiger partial charge < -0.3 is 9.26 Å². The zero-order valence-electron chi connectivity index (χ0n) is 7.33. The Labute approximate surface area is 86.5 Å². The Morgan fingerprint density at radius 1 is 1.46 bits per heavy atom. The molecule has 0 spiro atoms. The van der Waals surface area contributed by atoms with Crippen LogP contribution in [0, 0.1) is 0 Å². The van der Waals surface area contributed by atoms with Crippen LogP contribution < -0.4 is 0 Å². The molecule has 4 nitrogen and oxygen atoms in total. The summed E-state index contributed by atoms with van der Waals surface area (Å²) in [5.74, 6) is -0.434. The van der Waals surface area contributed by atoms with E-state index in [1.54, 1.807) is 13.8 Å². The van der Waals surface area contributed by atoms with Gasteiger partial charge in [-0.3, -0.25) is 9.36 Å². The van der Waals surface area contributed by atoms with E-state index >= 15 is 0 Å². The highest BCUT2D eigenvalue weighted by molar-refractivity contribution is 8.05. The number of carbonyl (C=O) groups excluding carboxylic acids is 1. The number of ether oxygens (including phenoxy) is 1. The topological polar surface area (TPSA) is 52.6 Å². The third-order valence-corrected chi connectivity index (χ3v) is 1.98. The molecule has 0 aromatic heterocycles. The van der Waals surface area contributed by atoms with Crippen LogP contribution in [0.4, 0.5) is 0 Å². The van der Waals surface area contributed by atoms with Crippen LogP contribution in [-0.2, 0) is 18.6 Å². The van der Waals surface area contributed by atoms with E-state index in [1.807, 2.05) is 0 Å². The smallest absolute Gasteiger partial charge is 0.380 e. The van der Waals surface area contributed by atoms with Crippen molar-refractivity contribution >= 4 is 34.5 Å². The summed E-state index contributed by atoms with van der Waals surface area (Å²) in [5, 5.41) is 0. The standard InChI is InChI=1S/C6H11Cl2O4P/c1-5(2)12-6(9)3-4-11-13(7,8)10/h5H,3-4H2,1-2H3. The first kappa shape index (κ1) is 13.2. The molecular formula is C6H11Cl2O4P. The van der Waals surface area contributed by atoms with Crippen LogP contribution in [0.5, 0.6) is 0 Å². The minimum absolute atomic E-state index is 0.0123. The average Bonchev–Trinajstić information content (AvgIpc) is 1.81. The van der Waals surface area contributed by atoms with Crippen LogP contribution in [0.2, 0.25) is 0 Å². The second-order valence-electron chi connectivity index (χ2n) is 2.54. The lowest BCUT2D eigenvalue weighted by atomic mass is 10.4. The predicted octanol–water partition coefficient (Wildman–Crippen LogP) is 2.93. The summed E-state index contributed by atoms with van der Waals surface area (Å²) in [5.41, 5.74) is 0. The van der Waals surface area contributed by atoms with Crippen molar-refractivity contribution in [1.82, 2.24) is 0 Å². The molecule has 0 amide bonds. The number of rotatable bonds is 5. The molecule has 0 aliphatic rings. The largest absolute Gasteiger partial charge is 0.463 e. The fraction of sp³-hybridized carbons (Fsp3) is 0.833. The Bertz CT molecular complexity index is 213. The number of hydrogen-bond acceptors (Lipinski definition) is 4. The number of halogens is 2. The summed E-state index contributed by atoms with van der Waals surface area (Å²) in [6.07, 6.45) is -3.71. The van der Waals surface area contributed by atoms with Crippen molar-refractivity contribution in [3.8, 4) is 0 Å².